The lowest BCUT2D eigenvalue weighted by Crippen LogP contribution is -2.09. The summed E-state index contributed by atoms with van der Waals surface area (Å²) in [4.78, 5) is 12.1. The molecule has 0 amide bonds. The molecule has 0 spiro atoms. The molecule has 0 aliphatic heterocycles. The van der Waals surface area contributed by atoms with Crippen LogP contribution in [0.5, 0.6) is 5.75 Å². The van der Waals surface area contributed by atoms with E-state index in [1.54, 1.807) is 19.2 Å². The van der Waals surface area contributed by atoms with Crippen molar-refractivity contribution >= 4 is 27.6 Å². The van der Waals surface area contributed by atoms with E-state index in [1.165, 1.54) is 0 Å². The monoisotopic (exact) mass is 349 g/mol. The van der Waals surface area contributed by atoms with E-state index in [2.05, 4.69) is 15.9 Å². The summed E-state index contributed by atoms with van der Waals surface area (Å²) in [6.07, 6.45) is 0. The number of hydrogen-bond acceptors (Lipinski definition) is 4. The van der Waals surface area contributed by atoms with E-state index in [4.69, 9.17) is 15.2 Å². The van der Waals surface area contributed by atoms with Gasteiger partial charge in [-0.05, 0) is 36.8 Å². The third kappa shape index (κ3) is 3.55. The highest BCUT2D eigenvalue weighted by Crippen LogP contribution is 2.24. The van der Waals surface area contributed by atoms with Gasteiger partial charge in [-0.15, -0.1) is 0 Å². The minimum atomic E-state index is -0.446. The number of nitrogen functional groups attached to an aromatic ring is 1. The van der Waals surface area contributed by atoms with Gasteiger partial charge in [0, 0.05) is 15.7 Å². The lowest BCUT2D eigenvalue weighted by atomic mass is 10.1. The normalized spacial score (nSPS) is 10.2. The summed E-state index contributed by atoms with van der Waals surface area (Å²) in [5, 5.41) is 0. The van der Waals surface area contributed by atoms with Gasteiger partial charge < -0.3 is 15.2 Å². The number of carbonyl (C=O) groups is 1. The third-order valence-corrected chi connectivity index (χ3v) is 3.64. The lowest BCUT2D eigenvalue weighted by Gasteiger charge is -2.11. The molecule has 0 saturated carbocycles. The predicted molar refractivity (Wildman–Crippen MR) is 85.4 cm³/mol. The van der Waals surface area contributed by atoms with Crippen LogP contribution in [0, 0.1) is 6.92 Å². The van der Waals surface area contributed by atoms with Crippen molar-refractivity contribution in [2.24, 2.45) is 0 Å². The van der Waals surface area contributed by atoms with E-state index < -0.39 is 5.97 Å². The van der Waals surface area contributed by atoms with Crippen molar-refractivity contribution in [2.45, 2.75) is 13.5 Å². The van der Waals surface area contributed by atoms with Crippen molar-refractivity contribution in [3.05, 3.63) is 57.6 Å². The number of aryl methyl sites for hydroxylation is 1. The molecule has 110 valence electrons. The van der Waals surface area contributed by atoms with Crippen LogP contribution in [0.25, 0.3) is 0 Å². The molecule has 0 saturated heterocycles. The number of hydrogen-bond donors (Lipinski definition) is 1. The van der Waals surface area contributed by atoms with Crippen LogP contribution in [0.15, 0.2) is 40.9 Å². The maximum atomic E-state index is 12.1. The SMILES string of the molecule is COc1ccc(Br)cc1COC(=O)c1cccc(C)c1N. The minimum absolute atomic E-state index is 0.120. The molecule has 0 heterocycles. The summed E-state index contributed by atoms with van der Waals surface area (Å²) < 4.78 is 11.5. The average molecular weight is 350 g/mol. The van der Waals surface area contributed by atoms with Crippen LogP contribution < -0.4 is 10.5 Å². The summed E-state index contributed by atoms with van der Waals surface area (Å²) in [5.41, 5.74) is 8.36. The summed E-state index contributed by atoms with van der Waals surface area (Å²) in [7, 11) is 1.58. The van der Waals surface area contributed by atoms with Crippen molar-refractivity contribution in [3.63, 3.8) is 0 Å². The third-order valence-electron chi connectivity index (χ3n) is 3.15. The fraction of sp³-hybridized carbons (Fsp3) is 0.188. The van der Waals surface area contributed by atoms with Gasteiger partial charge in [-0.1, -0.05) is 28.1 Å². The number of carbonyl (C=O) groups excluding carboxylic acids is 1. The second-order valence-corrected chi connectivity index (χ2v) is 5.48. The number of esters is 1. The van der Waals surface area contributed by atoms with Gasteiger partial charge in [-0.2, -0.15) is 0 Å². The minimum Gasteiger partial charge on any atom is -0.496 e. The molecule has 0 radical (unpaired) electrons. The number of ether oxygens (including phenoxy) is 2. The topological polar surface area (TPSA) is 61.5 Å². The molecule has 0 atom stereocenters. The van der Waals surface area contributed by atoms with Gasteiger partial charge in [0.05, 0.1) is 12.7 Å². The van der Waals surface area contributed by atoms with Crippen LogP contribution in [0.2, 0.25) is 0 Å². The number of rotatable bonds is 4. The van der Waals surface area contributed by atoms with E-state index in [0.29, 0.717) is 17.0 Å². The Bertz CT molecular complexity index is 671. The lowest BCUT2D eigenvalue weighted by molar-refractivity contribution is 0.0471. The van der Waals surface area contributed by atoms with Crippen molar-refractivity contribution in [3.8, 4) is 5.75 Å². The molecule has 0 bridgehead atoms. The summed E-state index contributed by atoms with van der Waals surface area (Å²) in [5.74, 6) is 0.224. The van der Waals surface area contributed by atoms with Gasteiger partial charge in [-0.25, -0.2) is 4.79 Å². The molecule has 0 unspecified atom stereocenters. The zero-order valence-corrected chi connectivity index (χ0v) is 13.4. The number of anilines is 1. The van der Waals surface area contributed by atoms with E-state index in [1.807, 2.05) is 31.2 Å². The Kier molecular flexibility index (Phi) is 4.85. The van der Waals surface area contributed by atoms with E-state index in [-0.39, 0.29) is 6.61 Å². The Morgan fingerprint density at radius 1 is 1.29 bits per heavy atom. The zero-order chi connectivity index (χ0) is 15.4. The summed E-state index contributed by atoms with van der Waals surface area (Å²) in [6, 6.07) is 10.8. The molecule has 4 nitrogen and oxygen atoms in total. The van der Waals surface area contributed by atoms with Gasteiger partial charge in [0.25, 0.3) is 0 Å². The van der Waals surface area contributed by atoms with Gasteiger partial charge >= 0.3 is 5.97 Å². The molecule has 0 aliphatic rings. The molecule has 0 aliphatic carbocycles. The first-order valence-corrected chi connectivity index (χ1v) is 7.17. The molecule has 2 rings (SSSR count). The van der Waals surface area contributed by atoms with Crippen LogP contribution in [0.4, 0.5) is 5.69 Å². The smallest absolute Gasteiger partial charge is 0.340 e. The fourth-order valence-electron chi connectivity index (χ4n) is 1.94. The van der Waals surface area contributed by atoms with Crippen molar-refractivity contribution in [1.82, 2.24) is 0 Å². The Morgan fingerprint density at radius 2 is 2.05 bits per heavy atom. The molecule has 0 aromatic heterocycles. The molecule has 5 heteroatoms. The van der Waals surface area contributed by atoms with Crippen molar-refractivity contribution < 1.29 is 14.3 Å². The van der Waals surface area contributed by atoms with Gasteiger partial charge in [-0.3, -0.25) is 0 Å². The number of para-hydroxylation sites is 1. The molecule has 0 fully saturated rings. The quantitative estimate of drug-likeness (QED) is 0.675. The summed E-state index contributed by atoms with van der Waals surface area (Å²) >= 11 is 3.38. The first kappa shape index (κ1) is 15.4. The Labute approximate surface area is 132 Å². The van der Waals surface area contributed by atoms with Gasteiger partial charge in [0.2, 0.25) is 0 Å². The number of benzene rings is 2. The van der Waals surface area contributed by atoms with Crippen LogP contribution in [0.1, 0.15) is 21.5 Å². The first-order valence-electron chi connectivity index (χ1n) is 6.37. The average Bonchev–Trinajstić information content (AvgIpc) is 2.47. The molecule has 21 heavy (non-hydrogen) atoms. The highest BCUT2D eigenvalue weighted by Gasteiger charge is 2.13. The first-order chi connectivity index (χ1) is 10.0. The molecule has 2 aromatic rings. The standard InChI is InChI=1S/C16H16BrNO3/c1-10-4-3-5-13(15(10)18)16(19)21-9-11-8-12(17)6-7-14(11)20-2/h3-8H,9,18H2,1-2H3. The second kappa shape index (κ2) is 6.63. The molecule has 2 N–H and O–H groups in total. The molecule has 2 aromatic carbocycles. The molecular weight excluding hydrogens is 334 g/mol. The summed E-state index contributed by atoms with van der Waals surface area (Å²) in [6.45, 7) is 1.97. The maximum absolute atomic E-state index is 12.1. The fourth-order valence-corrected chi connectivity index (χ4v) is 2.35. The van der Waals surface area contributed by atoms with Gasteiger partial charge in [0.1, 0.15) is 12.4 Å². The number of methoxy groups -OCH3 is 1. The number of nitrogens with two attached hydrogens (primary N) is 1. The second-order valence-electron chi connectivity index (χ2n) is 4.57. The van der Waals surface area contributed by atoms with Crippen LogP contribution in [-0.2, 0) is 11.3 Å². The molecular formula is C16H16BrNO3. The Balaban J connectivity index is 2.15. The predicted octanol–water partition coefficient (Wildman–Crippen LogP) is 3.71. The van der Waals surface area contributed by atoms with Crippen LogP contribution >= 0.6 is 15.9 Å². The van der Waals surface area contributed by atoms with E-state index in [0.717, 1.165) is 15.6 Å². The number of halogens is 1. The Morgan fingerprint density at radius 3 is 2.76 bits per heavy atom. The van der Waals surface area contributed by atoms with Crippen molar-refractivity contribution in [2.75, 3.05) is 12.8 Å². The largest absolute Gasteiger partial charge is 0.496 e. The van der Waals surface area contributed by atoms with Gasteiger partial charge in [0.15, 0.2) is 0 Å². The zero-order valence-electron chi connectivity index (χ0n) is 11.9. The maximum Gasteiger partial charge on any atom is 0.340 e. The van der Waals surface area contributed by atoms with E-state index in [9.17, 15) is 4.79 Å². The van der Waals surface area contributed by atoms with Crippen molar-refractivity contribution in [1.29, 1.82) is 0 Å². The van der Waals surface area contributed by atoms with Crippen LogP contribution in [0.3, 0.4) is 0 Å². The highest BCUT2D eigenvalue weighted by molar-refractivity contribution is 9.10. The highest BCUT2D eigenvalue weighted by atomic mass is 79.9. The Hall–Kier alpha value is -2.01. The van der Waals surface area contributed by atoms with Crippen LogP contribution in [-0.4, -0.2) is 13.1 Å². The van der Waals surface area contributed by atoms with E-state index >= 15 is 0 Å².